The molecule has 0 saturated heterocycles. The van der Waals surface area contributed by atoms with E-state index >= 15 is 0 Å². The number of nitrogens with two attached hydrogens (primary N) is 1. The van der Waals surface area contributed by atoms with Crippen LogP contribution >= 0.6 is 27.5 Å². The van der Waals surface area contributed by atoms with Crippen molar-refractivity contribution in [3.8, 4) is 0 Å². The second-order valence-corrected chi connectivity index (χ2v) is 4.99. The average Bonchev–Trinajstić information content (AvgIpc) is 2.32. The number of nitrogens with zero attached hydrogens (tertiary/aromatic N) is 1. The fourth-order valence-corrected chi connectivity index (χ4v) is 1.93. The number of hydrogen-bond acceptors (Lipinski definition) is 3. The summed E-state index contributed by atoms with van der Waals surface area (Å²) in [4.78, 5) is 15.8. The van der Waals surface area contributed by atoms with Gasteiger partial charge >= 0.3 is 0 Å². The van der Waals surface area contributed by atoms with Crippen LogP contribution in [0.4, 0.5) is 15.8 Å². The van der Waals surface area contributed by atoms with Crippen molar-refractivity contribution in [2.45, 2.75) is 0 Å². The summed E-state index contributed by atoms with van der Waals surface area (Å²) in [6.45, 7) is 0. The Morgan fingerprint density at radius 1 is 1.37 bits per heavy atom. The predicted molar refractivity (Wildman–Crippen MR) is 75.7 cm³/mol. The first-order valence-corrected chi connectivity index (χ1v) is 6.31. The molecule has 0 fully saturated rings. The summed E-state index contributed by atoms with van der Waals surface area (Å²) in [5, 5.41) is 2.68. The molecule has 1 aromatic heterocycles. The number of pyridine rings is 1. The molecule has 3 N–H and O–H groups in total. The van der Waals surface area contributed by atoms with Gasteiger partial charge in [0.1, 0.15) is 5.82 Å². The van der Waals surface area contributed by atoms with Crippen molar-refractivity contribution < 1.29 is 9.18 Å². The van der Waals surface area contributed by atoms with Gasteiger partial charge in [0, 0.05) is 21.9 Å². The highest BCUT2D eigenvalue weighted by Crippen LogP contribution is 2.23. The van der Waals surface area contributed by atoms with Gasteiger partial charge in [0.05, 0.1) is 5.69 Å². The fraction of sp³-hybridized carbons (Fsp3) is 0. The summed E-state index contributed by atoms with van der Waals surface area (Å²) in [7, 11) is 0. The molecule has 1 amide bonds. The van der Waals surface area contributed by atoms with Gasteiger partial charge in [-0.25, -0.2) is 9.37 Å². The predicted octanol–water partition coefficient (Wildman–Crippen LogP) is 3.47. The summed E-state index contributed by atoms with van der Waals surface area (Å²) in [6, 6.07) is 5.18. The van der Waals surface area contributed by atoms with Crippen molar-refractivity contribution in [2.24, 2.45) is 0 Å². The third kappa shape index (κ3) is 3.42. The quantitative estimate of drug-likeness (QED) is 0.647. The summed E-state index contributed by atoms with van der Waals surface area (Å²) in [6.07, 6.45) is 1.50. The largest absolute Gasteiger partial charge is 0.399 e. The Morgan fingerprint density at radius 3 is 2.79 bits per heavy atom. The van der Waals surface area contributed by atoms with Gasteiger partial charge in [-0.2, -0.15) is 0 Å². The van der Waals surface area contributed by atoms with E-state index in [4.69, 9.17) is 17.3 Å². The van der Waals surface area contributed by atoms with Crippen LogP contribution in [0.3, 0.4) is 0 Å². The molecule has 1 aromatic carbocycles. The third-order valence-corrected chi connectivity index (χ3v) is 2.97. The maximum atomic E-state index is 13.2. The molecule has 0 spiro atoms. The SMILES string of the molecule is Nc1cc(F)cc(C(=O)Nc2cc(Br)cnc2Cl)c1. The normalized spacial score (nSPS) is 10.3. The van der Waals surface area contributed by atoms with Gasteiger partial charge < -0.3 is 11.1 Å². The van der Waals surface area contributed by atoms with Crippen molar-refractivity contribution in [2.75, 3.05) is 11.1 Å². The molecule has 0 saturated carbocycles. The highest BCUT2D eigenvalue weighted by Gasteiger charge is 2.11. The minimum Gasteiger partial charge on any atom is -0.399 e. The van der Waals surface area contributed by atoms with Crippen LogP contribution in [0.25, 0.3) is 0 Å². The van der Waals surface area contributed by atoms with Crippen molar-refractivity contribution in [1.82, 2.24) is 4.98 Å². The number of nitrogen functional groups attached to an aromatic ring is 1. The molecule has 98 valence electrons. The Labute approximate surface area is 121 Å². The molecular weight excluding hydrogens is 337 g/mol. The van der Waals surface area contributed by atoms with E-state index in [9.17, 15) is 9.18 Å². The first kappa shape index (κ1) is 13.8. The lowest BCUT2D eigenvalue weighted by Gasteiger charge is -2.07. The number of hydrogen-bond donors (Lipinski definition) is 2. The molecule has 0 aliphatic carbocycles. The topological polar surface area (TPSA) is 68.0 Å². The van der Waals surface area contributed by atoms with E-state index in [1.165, 1.54) is 12.3 Å². The van der Waals surface area contributed by atoms with Crippen LogP contribution in [0.2, 0.25) is 5.15 Å². The van der Waals surface area contributed by atoms with E-state index in [-0.39, 0.29) is 16.4 Å². The van der Waals surface area contributed by atoms with Crippen molar-refractivity contribution >= 4 is 44.8 Å². The van der Waals surface area contributed by atoms with Crippen LogP contribution in [0, 0.1) is 5.82 Å². The molecule has 4 nitrogen and oxygen atoms in total. The number of carbonyl (C=O) groups is 1. The first-order chi connectivity index (χ1) is 8.95. The van der Waals surface area contributed by atoms with Crippen LogP contribution in [-0.4, -0.2) is 10.9 Å². The van der Waals surface area contributed by atoms with E-state index in [1.807, 2.05) is 0 Å². The molecule has 1 heterocycles. The first-order valence-electron chi connectivity index (χ1n) is 5.14. The van der Waals surface area contributed by atoms with E-state index in [0.29, 0.717) is 10.2 Å². The van der Waals surface area contributed by atoms with Crippen molar-refractivity contribution in [3.63, 3.8) is 0 Å². The van der Waals surface area contributed by atoms with E-state index in [1.54, 1.807) is 6.07 Å². The molecule has 2 rings (SSSR count). The van der Waals surface area contributed by atoms with E-state index in [0.717, 1.165) is 12.1 Å². The minimum absolute atomic E-state index is 0.105. The average molecular weight is 345 g/mol. The van der Waals surface area contributed by atoms with Gasteiger partial charge in [-0.1, -0.05) is 11.6 Å². The number of amides is 1. The molecule has 0 atom stereocenters. The zero-order chi connectivity index (χ0) is 14.0. The Morgan fingerprint density at radius 2 is 2.11 bits per heavy atom. The monoisotopic (exact) mass is 343 g/mol. The second-order valence-electron chi connectivity index (χ2n) is 3.72. The van der Waals surface area contributed by atoms with Gasteiger partial charge in [0.2, 0.25) is 0 Å². The number of halogens is 3. The summed E-state index contributed by atoms with van der Waals surface area (Å²) in [5.74, 6) is -1.10. The lowest BCUT2D eigenvalue weighted by molar-refractivity contribution is 0.102. The number of anilines is 2. The molecule has 0 bridgehead atoms. The zero-order valence-corrected chi connectivity index (χ0v) is 11.8. The van der Waals surface area contributed by atoms with Crippen LogP contribution < -0.4 is 11.1 Å². The number of carbonyl (C=O) groups excluding carboxylic acids is 1. The van der Waals surface area contributed by atoms with Gasteiger partial charge in [0.15, 0.2) is 5.15 Å². The molecule has 0 aliphatic rings. The zero-order valence-electron chi connectivity index (χ0n) is 9.45. The fourth-order valence-electron chi connectivity index (χ4n) is 1.45. The summed E-state index contributed by atoms with van der Waals surface area (Å²) >= 11 is 9.06. The smallest absolute Gasteiger partial charge is 0.255 e. The van der Waals surface area contributed by atoms with Crippen LogP contribution in [0.1, 0.15) is 10.4 Å². The van der Waals surface area contributed by atoms with Gasteiger partial charge in [0.25, 0.3) is 5.91 Å². The van der Waals surface area contributed by atoms with Gasteiger partial charge in [-0.15, -0.1) is 0 Å². The molecule has 2 aromatic rings. The molecule has 19 heavy (non-hydrogen) atoms. The third-order valence-electron chi connectivity index (χ3n) is 2.24. The van der Waals surface area contributed by atoms with Gasteiger partial charge in [-0.05, 0) is 40.2 Å². The Bertz CT molecular complexity index is 631. The maximum Gasteiger partial charge on any atom is 0.255 e. The van der Waals surface area contributed by atoms with Crippen LogP contribution in [0.5, 0.6) is 0 Å². The lowest BCUT2D eigenvalue weighted by atomic mass is 10.2. The van der Waals surface area contributed by atoms with E-state index < -0.39 is 11.7 Å². The number of benzene rings is 1. The Kier molecular flexibility index (Phi) is 4.01. The molecular formula is C12H8BrClFN3O. The standard InChI is InChI=1S/C12H8BrClFN3O/c13-7-3-10(11(14)17-5-7)18-12(19)6-1-8(15)4-9(16)2-6/h1-5H,16H2,(H,18,19). The summed E-state index contributed by atoms with van der Waals surface area (Å²) < 4.78 is 13.8. The highest BCUT2D eigenvalue weighted by molar-refractivity contribution is 9.10. The minimum atomic E-state index is -0.580. The van der Waals surface area contributed by atoms with Crippen LogP contribution in [-0.2, 0) is 0 Å². The number of rotatable bonds is 2. The highest BCUT2D eigenvalue weighted by atomic mass is 79.9. The molecule has 7 heteroatoms. The number of aromatic nitrogens is 1. The van der Waals surface area contributed by atoms with Crippen LogP contribution in [0.15, 0.2) is 34.9 Å². The Hall–Kier alpha value is -1.66. The molecule has 0 unspecified atom stereocenters. The summed E-state index contributed by atoms with van der Waals surface area (Å²) in [5.41, 5.74) is 6.08. The van der Waals surface area contributed by atoms with Gasteiger partial charge in [-0.3, -0.25) is 4.79 Å². The lowest BCUT2D eigenvalue weighted by Crippen LogP contribution is -2.13. The molecule has 0 radical (unpaired) electrons. The van der Waals surface area contributed by atoms with E-state index in [2.05, 4.69) is 26.2 Å². The number of nitrogens with one attached hydrogen (secondary N) is 1. The van der Waals surface area contributed by atoms with Crippen molar-refractivity contribution in [1.29, 1.82) is 0 Å². The van der Waals surface area contributed by atoms with Crippen molar-refractivity contribution in [3.05, 3.63) is 51.5 Å². The molecule has 0 aliphatic heterocycles. The second kappa shape index (κ2) is 5.54. The maximum absolute atomic E-state index is 13.2. The Balaban J connectivity index is 2.28.